The van der Waals surface area contributed by atoms with E-state index in [1.54, 1.807) is 12.3 Å². The molecule has 0 saturated carbocycles. The maximum atomic E-state index is 12.7. The number of nitrogens with zero attached hydrogens (tertiary/aromatic N) is 1. The standard InChI is InChI=1S/C22H23N3O/c1-4-12-23-22(26)18-14-24-20-11-10-16(5-2)13-17(20)21(18)25-19-9-7-6-8-15(19)3/h4,6-11,13-14H,1,5,12H2,2-3H3,(H,23,26)(H,24,25). The summed E-state index contributed by atoms with van der Waals surface area (Å²) in [6.07, 6.45) is 4.22. The average molecular weight is 345 g/mol. The first-order chi connectivity index (χ1) is 12.6. The Labute approximate surface area is 154 Å². The lowest BCUT2D eigenvalue weighted by Gasteiger charge is -2.16. The number of aryl methyl sites for hydroxylation is 2. The van der Waals surface area contributed by atoms with Gasteiger partial charge in [0.25, 0.3) is 5.91 Å². The smallest absolute Gasteiger partial charge is 0.255 e. The van der Waals surface area contributed by atoms with E-state index in [4.69, 9.17) is 0 Å². The van der Waals surface area contributed by atoms with Crippen molar-refractivity contribution >= 4 is 28.2 Å². The second-order valence-corrected chi connectivity index (χ2v) is 6.19. The number of pyridine rings is 1. The predicted molar refractivity (Wildman–Crippen MR) is 108 cm³/mol. The topological polar surface area (TPSA) is 54.0 Å². The SMILES string of the molecule is C=CCNC(=O)c1cnc2ccc(CC)cc2c1Nc1ccccc1C. The Morgan fingerprint density at radius 3 is 2.77 bits per heavy atom. The van der Waals surface area contributed by atoms with Crippen LogP contribution in [0.25, 0.3) is 10.9 Å². The third kappa shape index (κ3) is 3.59. The molecule has 4 nitrogen and oxygen atoms in total. The number of rotatable bonds is 6. The van der Waals surface area contributed by atoms with Gasteiger partial charge in [-0.3, -0.25) is 9.78 Å². The van der Waals surface area contributed by atoms with Gasteiger partial charge in [-0.15, -0.1) is 6.58 Å². The molecule has 0 spiro atoms. The molecule has 1 heterocycles. The van der Waals surface area contributed by atoms with E-state index in [9.17, 15) is 4.79 Å². The molecule has 132 valence electrons. The van der Waals surface area contributed by atoms with Crippen LogP contribution in [0.3, 0.4) is 0 Å². The Hall–Kier alpha value is -3.14. The quantitative estimate of drug-likeness (QED) is 0.633. The average Bonchev–Trinajstić information content (AvgIpc) is 2.67. The van der Waals surface area contributed by atoms with Crippen LogP contribution in [0.1, 0.15) is 28.4 Å². The van der Waals surface area contributed by atoms with E-state index < -0.39 is 0 Å². The molecule has 0 bridgehead atoms. The number of anilines is 2. The molecule has 0 aliphatic heterocycles. The van der Waals surface area contributed by atoms with Crippen LogP contribution >= 0.6 is 0 Å². The fourth-order valence-electron chi connectivity index (χ4n) is 2.87. The molecule has 0 fully saturated rings. The van der Waals surface area contributed by atoms with E-state index in [-0.39, 0.29) is 5.91 Å². The van der Waals surface area contributed by atoms with Crippen molar-refractivity contribution in [2.45, 2.75) is 20.3 Å². The minimum Gasteiger partial charge on any atom is -0.354 e. The van der Waals surface area contributed by atoms with Crippen LogP contribution in [0.15, 0.2) is 61.3 Å². The third-order valence-electron chi connectivity index (χ3n) is 4.40. The highest BCUT2D eigenvalue weighted by Gasteiger charge is 2.16. The molecule has 3 rings (SSSR count). The van der Waals surface area contributed by atoms with E-state index in [0.29, 0.717) is 12.1 Å². The van der Waals surface area contributed by atoms with Crippen molar-refractivity contribution in [2.24, 2.45) is 0 Å². The Kier molecular flexibility index (Phi) is 5.32. The van der Waals surface area contributed by atoms with Crippen molar-refractivity contribution in [3.8, 4) is 0 Å². The van der Waals surface area contributed by atoms with Gasteiger partial charge in [-0.05, 0) is 42.7 Å². The normalized spacial score (nSPS) is 10.5. The number of hydrogen-bond acceptors (Lipinski definition) is 3. The molecule has 3 aromatic rings. The molecule has 2 aromatic carbocycles. The van der Waals surface area contributed by atoms with E-state index in [2.05, 4.69) is 41.3 Å². The van der Waals surface area contributed by atoms with Crippen molar-refractivity contribution in [3.63, 3.8) is 0 Å². The minimum absolute atomic E-state index is 0.169. The summed E-state index contributed by atoms with van der Waals surface area (Å²) < 4.78 is 0. The van der Waals surface area contributed by atoms with Crippen LogP contribution < -0.4 is 10.6 Å². The van der Waals surface area contributed by atoms with E-state index >= 15 is 0 Å². The summed E-state index contributed by atoms with van der Waals surface area (Å²) in [5.41, 5.74) is 5.45. The number of benzene rings is 2. The Balaban J connectivity index is 2.17. The second kappa shape index (κ2) is 7.83. The molecular weight excluding hydrogens is 322 g/mol. The molecule has 0 atom stereocenters. The lowest BCUT2D eigenvalue weighted by atomic mass is 10.0. The first-order valence-corrected chi connectivity index (χ1v) is 8.77. The minimum atomic E-state index is -0.169. The fraction of sp³-hybridized carbons (Fsp3) is 0.182. The highest BCUT2D eigenvalue weighted by Crippen LogP contribution is 2.31. The summed E-state index contributed by atoms with van der Waals surface area (Å²) in [6.45, 7) is 8.22. The molecule has 1 amide bonds. The fourth-order valence-corrected chi connectivity index (χ4v) is 2.87. The van der Waals surface area contributed by atoms with Crippen molar-refractivity contribution in [2.75, 3.05) is 11.9 Å². The first kappa shape index (κ1) is 17.7. The van der Waals surface area contributed by atoms with Crippen LogP contribution in [0.4, 0.5) is 11.4 Å². The van der Waals surface area contributed by atoms with E-state index in [0.717, 1.165) is 34.3 Å². The molecular formula is C22H23N3O. The maximum absolute atomic E-state index is 12.7. The zero-order valence-corrected chi connectivity index (χ0v) is 15.2. The van der Waals surface area contributed by atoms with Gasteiger partial charge in [-0.1, -0.05) is 37.3 Å². The van der Waals surface area contributed by atoms with Crippen molar-refractivity contribution in [1.29, 1.82) is 0 Å². The summed E-state index contributed by atoms with van der Waals surface area (Å²) >= 11 is 0. The molecule has 0 radical (unpaired) electrons. The van der Waals surface area contributed by atoms with Gasteiger partial charge in [-0.2, -0.15) is 0 Å². The summed E-state index contributed by atoms with van der Waals surface area (Å²) in [6, 6.07) is 14.2. The van der Waals surface area contributed by atoms with Gasteiger partial charge in [0.05, 0.1) is 16.8 Å². The van der Waals surface area contributed by atoms with Crippen LogP contribution in [0.5, 0.6) is 0 Å². The number of para-hydroxylation sites is 1. The predicted octanol–water partition coefficient (Wildman–Crippen LogP) is 4.77. The number of nitrogens with one attached hydrogen (secondary N) is 2. The zero-order chi connectivity index (χ0) is 18.5. The largest absolute Gasteiger partial charge is 0.354 e. The Morgan fingerprint density at radius 2 is 2.04 bits per heavy atom. The monoisotopic (exact) mass is 345 g/mol. The molecule has 0 aliphatic rings. The summed E-state index contributed by atoms with van der Waals surface area (Å²) in [7, 11) is 0. The zero-order valence-electron chi connectivity index (χ0n) is 15.2. The second-order valence-electron chi connectivity index (χ2n) is 6.19. The van der Waals surface area contributed by atoms with Gasteiger partial charge in [0.15, 0.2) is 0 Å². The van der Waals surface area contributed by atoms with Crippen LogP contribution in [-0.2, 0) is 6.42 Å². The van der Waals surface area contributed by atoms with Crippen molar-refractivity contribution in [1.82, 2.24) is 10.3 Å². The molecule has 2 N–H and O–H groups in total. The van der Waals surface area contributed by atoms with Crippen molar-refractivity contribution < 1.29 is 4.79 Å². The Morgan fingerprint density at radius 1 is 1.23 bits per heavy atom. The number of aromatic nitrogens is 1. The van der Waals surface area contributed by atoms with Gasteiger partial charge in [0.2, 0.25) is 0 Å². The Bertz CT molecular complexity index is 963. The summed E-state index contributed by atoms with van der Waals surface area (Å²) in [5.74, 6) is -0.169. The number of hydrogen-bond donors (Lipinski definition) is 2. The number of fused-ring (bicyclic) bond motifs is 1. The first-order valence-electron chi connectivity index (χ1n) is 8.77. The molecule has 0 aliphatic carbocycles. The molecule has 0 unspecified atom stereocenters. The highest BCUT2D eigenvalue weighted by atomic mass is 16.1. The van der Waals surface area contributed by atoms with E-state index in [1.165, 1.54) is 5.56 Å². The maximum Gasteiger partial charge on any atom is 0.255 e. The molecule has 4 heteroatoms. The van der Waals surface area contributed by atoms with Crippen LogP contribution in [0, 0.1) is 6.92 Å². The third-order valence-corrected chi connectivity index (χ3v) is 4.40. The molecule has 26 heavy (non-hydrogen) atoms. The van der Waals surface area contributed by atoms with Gasteiger partial charge in [0, 0.05) is 23.8 Å². The number of amides is 1. The number of carbonyl (C=O) groups excluding carboxylic acids is 1. The van der Waals surface area contributed by atoms with Gasteiger partial charge < -0.3 is 10.6 Å². The summed E-state index contributed by atoms with van der Waals surface area (Å²) in [5, 5.41) is 7.25. The van der Waals surface area contributed by atoms with Crippen LogP contribution in [0.2, 0.25) is 0 Å². The van der Waals surface area contributed by atoms with Crippen LogP contribution in [-0.4, -0.2) is 17.4 Å². The van der Waals surface area contributed by atoms with Gasteiger partial charge in [-0.25, -0.2) is 0 Å². The van der Waals surface area contributed by atoms with E-state index in [1.807, 2.05) is 37.3 Å². The highest BCUT2D eigenvalue weighted by molar-refractivity contribution is 6.08. The molecule has 0 saturated heterocycles. The van der Waals surface area contributed by atoms with Crippen molar-refractivity contribution in [3.05, 3.63) is 78.0 Å². The summed E-state index contributed by atoms with van der Waals surface area (Å²) in [4.78, 5) is 17.1. The number of carbonyl (C=O) groups is 1. The van der Waals surface area contributed by atoms with Gasteiger partial charge >= 0.3 is 0 Å². The lowest BCUT2D eigenvalue weighted by molar-refractivity contribution is 0.0958. The lowest BCUT2D eigenvalue weighted by Crippen LogP contribution is -2.24. The molecule has 1 aromatic heterocycles. The van der Waals surface area contributed by atoms with Gasteiger partial charge in [0.1, 0.15) is 0 Å².